The third-order valence-electron chi connectivity index (χ3n) is 6.63. The number of ketones is 1. The Labute approximate surface area is 205 Å². The van der Waals surface area contributed by atoms with E-state index in [-0.39, 0.29) is 5.78 Å². The third kappa shape index (κ3) is 4.35. The van der Waals surface area contributed by atoms with Gasteiger partial charge in [0.05, 0.1) is 5.52 Å². The molecule has 0 saturated heterocycles. The highest BCUT2D eigenvalue weighted by Gasteiger charge is 2.17. The predicted octanol–water partition coefficient (Wildman–Crippen LogP) is 6.52. The van der Waals surface area contributed by atoms with E-state index in [9.17, 15) is 9.59 Å². The highest BCUT2D eigenvalue weighted by molar-refractivity contribution is 6.18. The number of amides is 1. The van der Waals surface area contributed by atoms with Gasteiger partial charge < -0.3 is 10.3 Å². The van der Waals surface area contributed by atoms with Gasteiger partial charge in [0, 0.05) is 39.5 Å². The van der Waals surface area contributed by atoms with Crippen molar-refractivity contribution in [2.45, 2.75) is 32.7 Å². The van der Waals surface area contributed by atoms with Crippen molar-refractivity contribution >= 4 is 33.5 Å². The first-order valence-electron chi connectivity index (χ1n) is 12.1. The zero-order chi connectivity index (χ0) is 24.4. The Hall–Kier alpha value is -4.18. The fourth-order valence-corrected chi connectivity index (χ4v) is 4.80. The lowest BCUT2D eigenvalue weighted by molar-refractivity contribution is 0.1000. The van der Waals surface area contributed by atoms with Crippen molar-refractivity contribution in [1.82, 2.24) is 4.57 Å². The van der Waals surface area contributed by atoms with Gasteiger partial charge in [0.1, 0.15) is 0 Å². The summed E-state index contributed by atoms with van der Waals surface area (Å²) in [6, 6.07) is 29.4. The zero-order valence-electron chi connectivity index (χ0n) is 19.8. The SMILES string of the molecule is CCCCc1ccc2c3c(C(N)=O)cccc3n(Cc3ccc(C(=O)c4ccccc4)cc3)c2c1. The minimum atomic E-state index is -0.423. The highest BCUT2D eigenvalue weighted by Crippen LogP contribution is 2.33. The standard InChI is InChI=1S/C31H28N2O2/c1-2-3-8-21-15-18-25-28(19-21)33(27-12-7-11-26(29(25)27)31(32)35)20-22-13-16-24(17-14-22)30(34)23-9-5-4-6-10-23/h4-7,9-19H,2-3,8,20H2,1H3,(H2,32,35). The summed E-state index contributed by atoms with van der Waals surface area (Å²) in [5, 5.41) is 1.93. The van der Waals surface area contributed by atoms with E-state index in [2.05, 4.69) is 29.7 Å². The molecule has 174 valence electrons. The lowest BCUT2D eigenvalue weighted by Gasteiger charge is -2.10. The van der Waals surface area contributed by atoms with E-state index >= 15 is 0 Å². The summed E-state index contributed by atoms with van der Waals surface area (Å²) >= 11 is 0. The molecule has 4 aromatic carbocycles. The number of nitrogens with zero attached hydrogens (tertiary/aromatic N) is 1. The van der Waals surface area contributed by atoms with Crippen LogP contribution in [-0.2, 0) is 13.0 Å². The molecule has 0 unspecified atom stereocenters. The second kappa shape index (κ2) is 9.59. The van der Waals surface area contributed by atoms with Crippen molar-refractivity contribution < 1.29 is 9.59 Å². The van der Waals surface area contributed by atoms with Crippen LogP contribution in [0.15, 0.2) is 91.0 Å². The van der Waals surface area contributed by atoms with Crippen LogP contribution in [0.5, 0.6) is 0 Å². The summed E-state index contributed by atoms with van der Waals surface area (Å²) in [4.78, 5) is 25.0. The molecule has 0 bridgehead atoms. The van der Waals surface area contributed by atoms with Crippen LogP contribution in [0, 0.1) is 0 Å². The molecule has 0 aliphatic carbocycles. The van der Waals surface area contributed by atoms with E-state index in [4.69, 9.17) is 5.73 Å². The van der Waals surface area contributed by atoms with Gasteiger partial charge in [0.15, 0.2) is 5.78 Å². The number of carbonyl (C=O) groups is 2. The summed E-state index contributed by atoms with van der Waals surface area (Å²) in [7, 11) is 0. The van der Waals surface area contributed by atoms with Crippen LogP contribution < -0.4 is 5.73 Å². The van der Waals surface area contributed by atoms with Crippen LogP contribution in [0.25, 0.3) is 21.8 Å². The van der Waals surface area contributed by atoms with Crippen molar-refractivity contribution in [1.29, 1.82) is 0 Å². The average Bonchev–Trinajstić information content (AvgIpc) is 3.20. The van der Waals surface area contributed by atoms with Crippen LogP contribution in [-0.4, -0.2) is 16.3 Å². The monoisotopic (exact) mass is 460 g/mol. The minimum absolute atomic E-state index is 0.0145. The molecule has 5 aromatic rings. The third-order valence-corrected chi connectivity index (χ3v) is 6.63. The summed E-state index contributed by atoms with van der Waals surface area (Å²) in [5.41, 5.74) is 12.1. The number of fused-ring (bicyclic) bond motifs is 3. The van der Waals surface area contributed by atoms with E-state index in [0.29, 0.717) is 23.2 Å². The fourth-order valence-electron chi connectivity index (χ4n) is 4.80. The Balaban J connectivity index is 1.57. The summed E-state index contributed by atoms with van der Waals surface area (Å²) in [5.74, 6) is -0.408. The molecule has 1 heterocycles. The maximum absolute atomic E-state index is 12.8. The molecule has 0 fully saturated rings. The molecule has 4 nitrogen and oxygen atoms in total. The molecular weight excluding hydrogens is 432 g/mol. The van der Waals surface area contributed by atoms with Gasteiger partial charge in [0.25, 0.3) is 0 Å². The maximum atomic E-state index is 12.8. The molecule has 2 N–H and O–H groups in total. The van der Waals surface area contributed by atoms with Crippen LogP contribution in [0.2, 0.25) is 0 Å². The molecule has 4 heteroatoms. The maximum Gasteiger partial charge on any atom is 0.249 e. The molecular formula is C31H28N2O2. The first kappa shape index (κ1) is 22.6. The molecule has 35 heavy (non-hydrogen) atoms. The predicted molar refractivity (Wildman–Crippen MR) is 142 cm³/mol. The van der Waals surface area contributed by atoms with Gasteiger partial charge in [-0.15, -0.1) is 0 Å². The molecule has 0 spiro atoms. The Morgan fingerprint density at radius 3 is 2.20 bits per heavy atom. The van der Waals surface area contributed by atoms with Crippen LogP contribution >= 0.6 is 0 Å². The molecule has 5 rings (SSSR count). The summed E-state index contributed by atoms with van der Waals surface area (Å²) in [6.45, 7) is 2.82. The first-order chi connectivity index (χ1) is 17.1. The van der Waals surface area contributed by atoms with Crippen molar-refractivity contribution in [2.75, 3.05) is 0 Å². The molecule has 0 aliphatic heterocycles. The van der Waals surface area contributed by atoms with Gasteiger partial charge in [-0.2, -0.15) is 0 Å². The molecule has 0 radical (unpaired) electrons. The number of aromatic nitrogens is 1. The Bertz CT molecular complexity index is 1530. The van der Waals surface area contributed by atoms with Gasteiger partial charge in [-0.05, 0) is 42.2 Å². The number of hydrogen-bond acceptors (Lipinski definition) is 2. The van der Waals surface area contributed by atoms with Gasteiger partial charge in [-0.25, -0.2) is 0 Å². The van der Waals surface area contributed by atoms with Gasteiger partial charge >= 0.3 is 0 Å². The van der Waals surface area contributed by atoms with E-state index in [1.807, 2.05) is 66.7 Å². The average molecular weight is 461 g/mol. The van der Waals surface area contributed by atoms with E-state index in [1.54, 1.807) is 6.07 Å². The summed E-state index contributed by atoms with van der Waals surface area (Å²) in [6.07, 6.45) is 3.29. The second-order valence-corrected chi connectivity index (χ2v) is 9.00. The topological polar surface area (TPSA) is 65.1 Å². The van der Waals surface area contributed by atoms with Gasteiger partial charge in [-0.3, -0.25) is 9.59 Å². The Kier molecular flexibility index (Phi) is 6.19. The number of carbonyl (C=O) groups excluding carboxylic acids is 2. The number of unbranched alkanes of at least 4 members (excludes halogenated alkanes) is 1. The lowest BCUT2D eigenvalue weighted by atomic mass is 10.0. The number of primary amides is 1. The largest absolute Gasteiger partial charge is 0.366 e. The molecule has 0 saturated carbocycles. The van der Waals surface area contributed by atoms with Crippen LogP contribution in [0.4, 0.5) is 0 Å². The van der Waals surface area contributed by atoms with Crippen molar-refractivity contribution in [3.63, 3.8) is 0 Å². The first-order valence-corrected chi connectivity index (χ1v) is 12.1. The number of hydrogen-bond donors (Lipinski definition) is 1. The quantitative estimate of drug-likeness (QED) is 0.268. The number of nitrogens with two attached hydrogens (primary N) is 1. The van der Waals surface area contributed by atoms with Crippen molar-refractivity contribution in [2.24, 2.45) is 5.73 Å². The lowest BCUT2D eigenvalue weighted by Crippen LogP contribution is -2.11. The van der Waals surface area contributed by atoms with Gasteiger partial charge in [0.2, 0.25) is 5.91 Å². The Morgan fingerprint density at radius 2 is 1.49 bits per heavy atom. The van der Waals surface area contributed by atoms with E-state index < -0.39 is 5.91 Å². The smallest absolute Gasteiger partial charge is 0.249 e. The zero-order valence-corrected chi connectivity index (χ0v) is 19.8. The number of aryl methyl sites for hydroxylation is 1. The fraction of sp³-hybridized carbons (Fsp3) is 0.161. The van der Waals surface area contributed by atoms with Crippen molar-refractivity contribution in [3.8, 4) is 0 Å². The van der Waals surface area contributed by atoms with Crippen LogP contribution in [0.3, 0.4) is 0 Å². The minimum Gasteiger partial charge on any atom is -0.366 e. The van der Waals surface area contributed by atoms with Crippen LogP contribution in [0.1, 0.15) is 57.2 Å². The number of rotatable bonds is 8. The van der Waals surface area contributed by atoms with E-state index in [0.717, 1.165) is 46.6 Å². The molecule has 0 atom stereocenters. The second-order valence-electron chi connectivity index (χ2n) is 9.00. The van der Waals surface area contributed by atoms with Crippen molar-refractivity contribution in [3.05, 3.63) is 119 Å². The number of benzene rings is 4. The molecule has 1 amide bonds. The molecule has 1 aromatic heterocycles. The normalized spacial score (nSPS) is 11.2. The van der Waals surface area contributed by atoms with E-state index in [1.165, 1.54) is 5.56 Å². The summed E-state index contributed by atoms with van der Waals surface area (Å²) < 4.78 is 2.25. The molecule has 0 aliphatic rings. The Morgan fingerprint density at radius 1 is 0.771 bits per heavy atom. The van der Waals surface area contributed by atoms with Gasteiger partial charge in [-0.1, -0.05) is 86.1 Å². The highest BCUT2D eigenvalue weighted by atomic mass is 16.1.